The van der Waals surface area contributed by atoms with Crippen molar-refractivity contribution in [2.24, 2.45) is 0 Å². The van der Waals surface area contributed by atoms with Gasteiger partial charge < -0.3 is 14.3 Å². The molecule has 0 unspecified atom stereocenters. The monoisotopic (exact) mass is 504 g/mol. The third kappa shape index (κ3) is 4.26. The summed E-state index contributed by atoms with van der Waals surface area (Å²) in [5.41, 5.74) is 8.39. The smallest absolute Gasteiger partial charge is 0.223 e. The first kappa shape index (κ1) is 22.8. The largest absolute Gasteiger partial charge is 0.438 e. The van der Waals surface area contributed by atoms with Crippen molar-refractivity contribution in [2.45, 2.75) is 0 Å². The lowest BCUT2D eigenvalue weighted by Gasteiger charge is -2.25. The Labute approximate surface area is 225 Å². The van der Waals surface area contributed by atoms with Crippen molar-refractivity contribution in [3.05, 3.63) is 139 Å². The molecule has 2 aromatic heterocycles. The number of imidazole rings is 1. The minimum atomic E-state index is 0.0629. The van der Waals surface area contributed by atoms with Crippen molar-refractivity contribution in [3.63, 3.8) is 0 Å². The predicted octanol–water partition coefficient (Wildman–Crippen LogP) is 8.59. The number of benzene rings is 5. The Kier molecular flexibility index (Phi) is 5.52. The summed E-state index contributed by atoms with van der Waals surface area (Å²) in [4.78, 5) is 10.3. The number of nitrogens with zero attached hydrogens (tertiary/aromatic N) is 2. The summed E-state index contributed by atoms with van der Waals surface area (Å²) >= 11 is 0. The van der Waals surface area contributed by atoms with Gasteiger partial charge in [-0.2, -0.15) is 0 Å². The molecule has 0 aliphatic heterocycles. The Balaban J connectivity index is 1.29. The molecule has 5 aromatic carbocycles. The average Bonchev–Trinajstić information content (AvgIpc) is 3.42. The lowest BCUT2D eigenvalue weighted by Crippen LogP contribution is -2.10. The molecule has 5 nitrogen and oxygen atoms in total. The summed E-state index contributed by atoms with van der Waals surface area (Å²) in [6.45, 7) is 0. The number of hydrogen-bond acceptors (Lipinski definition) is 4. The highest BCUT2D eigenvalue weighted by atomic mass is 16.3. The van der Waals surface area contributed by atoms with Gasteiger partial charge in [0.1, 0.15) is 11.4 Å². The standard InChI is InChI=1S/C34H24N4O/c35-33-29(34-36-30-19-17-24(21-31(30)37-34)23-10-4-1-5-11-23)20-25-16-18-28(22-32(25)39-33)38(26-12-6-2-7-13-26)27-14-8-3-9-15-27/h1-22,35H,(H,36,37). The Morgan fingerprint density at radius 2 is 1.28 bits per heavy atom. The maximum Gasteiger partial charge on any atom is 0.223 e. The Bertz CT molecular complexity index is 1940. The fourth-order valence-electron chi connectivity index (χ4n) is 4.98. The molecule has 0 saturated heterocycles. The molecule has 0 radical (unpaired) electrons. The van der Waals surface area contributed by atoms with Crippen LogP contribution in [0.2, 0.25) is 0 Å². The minimum absolute atomic E-state index is 0.0629. The zero-order valence-electron chi connectivity index (χ0n) is 21.0. The van der Waals surface area contributed by atoms with E-state index in [4.69, 9.17) is 14.8 Å². The maximum atomic E-state index is 8.71. The lowest BCUT2D eigenvalue weighted by atomic mass is 10.1. The molecular weight excluding hydrogens is 480 g/mol. The van der Waals surface area contributed by atoms with Crippen LogP contribution in [-0.4, -0.2) is 9.97 Å². The van der Waals surface area contributed by atoms with E-state index in [0.717, 1.165) is 44.6 Å². The van der Waals surface area contributed by atoms with Gasteiger partial charge in [0.2, 0.25) is 5.55 Å². The molecule has 0 spiro atoms. The normalized spacial score (nSPS) is 11.2. The van der Waals surface area contributed by atoms with E-state index in [2.05, 4.69) is 64.5 Å². The highest BCUT2D eigenvalue weighted by molar-refractivity contribution is 5.89. The molecule has 0 saturated carbocycles. The van der Waals surface area contributed by atoms with Crippen LogP contribution >= 0.6 is 0 Å². The molecule has 0 atom stereocenters. The van der Waals surface area contributed by atoms with E-state index < -0.39 is 0 Å². The van der Waals surface area contributed by atoms with Crippen LogP contribution in [0.4, 0.5) is 17.1 Å². The van der Waals surface area contributed by atoms with Crippen LogP contribution in [0.1, 0.15) is 0 Å². The summed E-state index contributed by atoms with van der Waals surface area (Å²) in [6.07, 6.45) is 0. The minimum Gasteiger partial charge on any atom is -0.438 e. The summed E-state index contributed by atoms with van der Waals surface area (Å²) in [5.74, 6) is 0.616. The molecule has 0 aliphatic carbocycles. The fraction of sp³-hybridized carbons (Fsp3) is 0. The van der Waals surface area contributed by atoms with Gasteiger partial charge in [0.05, 0.1) is 16.6 Å². The second-order valence-corrected chi connectivity index (χ2v) is 9.40. The molecule has 0 fully saturated rings. The van der Waals surface area contributed by atoms with Crippen molar-refractivity contribution in [2.75, 3.05) is 4.90 Å². The number of rotatable bonds is 5. The number of anilines is 3. The van der Waals surface area contributed by atoms with E-state index in [9.17, 15) is 0 Å². The number of aromatic amines is 1. The van der Waals surface area contributed by atoms with Gasteiger partial charge in [-0.3, -0.25) is 5.41 Å². The molecular formula is C34H24N4O. The molecule has 186 valence electrons. The number of para-hydroxylation sites is 2. The van der Waals surface area contributed by atoms with Gasteiger partial charge in [0.25, 0.3) is 0 Å². The lowest BCUT2D eigenvalue weighted by molar-refractivity contribution is 0.535. The Morgan fingerprint density at radius 3 is 1.97 bits per heavy atom. The Morgan fingerprint density at radius 1 is 0.615 bits per heavy atom. The van der Waals surface area contributed by atoms with Crippen molar-refractivity contribution in [3.8, 4) is 22.5 Å². The quantitative estimate of drug-likeness (QED) is 0.247. The van der Waals surface area contributed by atoms with E-state index in [1.165, 1.54) is 0 Å². The van der Waals surface area contributed by atoms with Crippen molar-refractivity contribution in [1.82, 2.24) is 9.97 Å². The topological polar surface area (TPSA) is 68.9 Å². The van der Waals surface area contributed by atoms with E-state index >= 15 is 0 Å². The molecule has 39 heavy (non-hydrogen) atoms. The van der Waals surface area contributed by atoms with E-state index in [0.29, 0.717) is 17.0 Å². The molecule has 5 heteroatoms. The molecule has 0 bridgehead atoms. The van der Waals surface area contributed by atoms with Crippen molar-refractivity contribution < 1.29 is 4.42 Å². The van der Waals surface area contributed by atoms with Crippen LogP contribution in [0.5, 0.6) is 0 Å². The third-order valence-corrected chi connectivity index (χ3v) is 6.88. The van der Waals surface area contributed by atoms with Crippen LogP contribution in [0.25, 0.3) is 44.5 Å². The molecule has 0 aliphatic rings. The van der Waals surface area contributed by atoms with Gasteiger partial charge in [0, 0.05) is 28.5 Å². The second kappa shape index (κ2) is 9.47. The number of hydrogen-bond donors (Lipinski definition) is 2. The third-order valence-electron chi connectivity index (χ3n) is 6.88. The van der Waals surface area contributed by atoms with Crippen molar-refractivity contribution in [1.29, 1.82) is 5.41 Å². The zero-order chi connectivity index (χ0) is 26.2. The Hall–Kier alpha value is -5.42. The molecule has 2 heterocycles. The fourth-order valence-corrected chi connectivity index (χ4v) is 4.98. The van der Waals surface area contributed by atoms with Gasteiger partial charge in [-0.05, 0) is 65.7 Å². The molecule has 2 N–H and O–H groups in total. The van der Waals surface area contributed by atoms with Crippen LogP contribution in [-0.2, 0) is 0 Å². The summed E-state index contributed by atoms with van der Waals surface area (Å²) in [6, 6.07) is 45.0. The van der Waals surface area contributed by atoms with Crippen LogP contribution in [0.15, 0.2) is 138 Å². The van der Waals surface area contributed by atoms with Gasteiger partial charge in [-0.1, -0.05) is 72.8 Å². The summed E-state index contributed by atoms with van der Waals surface area (Å²) < 4.78 is 6.08. The zero-order valence-corrected chi connectivity index (χ0v) is 21.0. The van der Waals surface area contributed by atoms with E-state index in [1.54, 1.807) is 0 Å². The molecule has 7 aromatic rings. The molecule has 0 amide bonds. The second-order valence-electron chi connectivity index (χ2n) is 9.40. The van der Waals surface area contributed by atoms with Crippen LogP contribution in [0.3, 0.4) is 0 Å². The highest BCUT2D eigenvalue weighted by Crippen LogP contribution is 2.36. The SMILES string of the molecule is N=c1oc2cc(N(c3ccccc3)c3ccccc3)ccc2cc1-c1nc2ccc(-c3ccccc3)cc2[nH]1. The summed E-state index contributed by atoms with van der Waals surface area (Å²) in [7, 11) is 0. The maximum absolute atomic E-state index is 8.71. The first-order valence-corrected chi connectivity index (χ1v) is 12.8. The van der Waals surface area contributed by atoms with Gasteiger partial charge in [-0.25, -0.2) is 4.98 Å². The van der Waals surface area contributed by atoms with Gasteiger partial charge in [0.15, 0.2) is 0 Å². The number of fused-ring (bicyclic) bond motifs is 2. The van der Waals surface area contributed by atoms with Crippen LogP contribution in [0, 0.1) is 5.41 Å². The molecule has 7 rings (SSSR count). The first-order valence-electron chi connectivity index (χ1n) is 12.8. The number of nitrogens with one attached hydrogen (secondary N) is 2. The highest BCUT2D eigenvalue weighted by Gasteiger charge is 2.15. The van der Waals surface area contributed by atoms with Gasteiger partial charge in [-0.15, -0.1) is 0 Å². The average molecular weight is 505 g/mol. The summed E-state index contributed by atoms with van der Waals surface area (Å²) in [5, 5.41) is 9.61. The van der Waals surface area contributed by atoms with Crippen molar-refractivity contribution >= 4 is 39.1 Å². The van der Waals surface area contributed by atoms with E-state index in [-0.39, 0.29) is 5.55 Å². The first-order chi connectivity index (χ1) is 19.2. The van der Waals surface area contributed by atoms with Gasteiger partial charge >= 0.3 is 0 Å². The number of H-pyrrole nitrogens is 1. The van der Waals surface area contributed by atoms with E-state index in [1.807, 2.05) is 78.9 Å². The predicted molar refractivity (Wildman–Crippen MR) is 157 cm³/mol. The number of aromatic nitrogens is 2. The van der Waals surface area contributed by atoms with Crippen LogP contribution < -0.4 is 10.5 Å².